The van der Waals surface area contributed by atoms with Crippen LogP contribution in [0.4, 0.5) is 0 Å². The first-order valence-corrected chi connectivity index (χ1v) is 10.3. The topological polar surface area (TPSA) is 37.4 Å². The number of hydrogen-bond acceptors (Lipinski definition) is 3. The molecule has 0 aromatic carbocycles. The van der Waals surface area contributed by atoms with Crippen molar-refractivity contribution < 1.29 is 8.42 Å². The molecule has 0 N–H and O–H groups in total. The van der Waals surface area contributed by atoms with Crippen LogP contribution in [0.1, 0.15) is 38.0 Å². The summed E-state index contributed by atoms with van der Waals surface area (Å²) in [7, 11) is -3.41. The average molecular weight is 401 g/mol. The number of thiophene rings is 1. The zero-order valence-corrected chi connectivity index (χ0v) is 15.6. The van der Waals surface area contributed by atoms with Gasteiger partial charge in [-0.3, -0.25) is 0 Å². The van der Waals surface area contributed by atoms with Crippen LogP contribution in [0.2, 0.25) is 0 Å². The minimum atomic E-state index is -3.41. The molecule has 3 nitrogen and oxygen atoms in total. The lowest BCUT2D eigenvalue weighted by Crippen LogP contribution is -2.31. The summed E-state index contributed by atoms with van der Waals surface area (Å²) in [5.74, 6) is 0.340. The minimum absolute atomic E-state index is 0.144. The lowest BCUT2D eigenvalue weighted by atomic mass is 9.82. The van der Waals surface area contributed by atoms with Crippen LogP contribution in [0.5, 0.6) is 0 Å². The Bertz CT molecular complexity index is 581. The van der Waals surface area contributed by atoms with Gasteiger partial charge >= 0.3 is 0 Å². The van der Waals surface area contributed by atoms with Crippen LogP contribution in [0.15, 0.2) is 14.7 Å². The maximum Gasteiger partial charge on any atom is 0.245 e. The Balaban J connectivity index is 2.30. The summed E-state index contributed by atoms with van der Waals surface area (Å²) < 4.78 is 27.8. The van der Waals surface area contributed by atoms with Crippen molar-refractivity contribution in [2.75, 3.05) is 13.1 Å². The second-order valence-corrected chi connectivity index (χ2v) is 9.91. The summed E-state index contributed by atoms with van der Waals surface area (Å²) in [6.45, 7) is 5.53. The molecule has 1 aromatic heterocycles. The predicted molar refractivity (Wildman–Crippen MR) is 88.0 cm³/mol. The highest BCUT2D eigenvalue weighted by molar-refractivity contribution is 9.11. The predicted octanol–water partition coefficient (Wildman–Crippen LogP) is 4.45. The molecule has 0 spiro atoms. The van der Waals surface area contributed by atoms with Crippen molar-refractivity contribution >= 4 is 48.9 Å². The normalized spacial score (nSPS) is 19.6. The molecule has 1 aliphatic rings. The summed E-state index contributed by atoms with van der Waals surface area (Å²) in [6.07, 6.45) is 2.99. The Morgan fingerprint density at radius 1 is 1.45 bits per heavy atom. The maximum absolute atomic E-state index is 12.8. The van der Waals surface area contributed by atoms with E-state index in [4.69, 9.17) is 11.6 Å². The summed E-state index contributed by atoms with van der Waals surface area (Å²) >= 11 is 10.5. The molecule has 0 amide bonds. The monoisotopic (exact) mass is 399 g/mol. The smallest absolute Gasteiger partial charge is 0.207 e. The first kappa shape index (κ1) is 16.7. The van der Waals surface area contributed by atoms with Crippen LogP contribution in [-0.2, 0) is 15.9 Å². The van der Waals surface area contributed by atoms with Gasteiger partial charge in [0.25, 0.3) is 0 Å². The van der Waals surface area contributed by atoms with E-state index in [-0.39, 0.29) is 5.41 Å². The van der Waals surface area contributed by atoms with E-state index in [9.17, 15) is 8.42 Å². The second-order valence-electron chi connectivity index (χ2n) is 5.28. The first-order valence-electron chi connectivity index (χ1n) is 6.73. The molecule has 0 unspecified atom stereocenters. The molecule has 0 saturated carbocycles. The second kappa shape index (κ2) is 6.24. The summed E-state index contributed by atoms with van der Waals surface area (Å²) in [5.41, 5.74) is 0.144. The van der Waals surface area contributed by atoms with Crippen LogP contribution >= 0.6 is 38.9 Å². The third kappa shape index (κ3) is 2.95. The highest BCUT2D eigenvalue weighted by atomic mass is 79.9. The van der Waals surface area contributed by atoms with E-state index < -0.39 is 10.0 Å². The van der Waals surface area contributed by atoms with Crippen molar-refractivity contribution in [3.05, 3.63) is 14.7 Å². The largest absolute Gasteiger partial charge is 0.245 e. The minimum Gasteiger partial charge on any atom is -0.207 e. The van der Waals surface area contributed by atoms with Crippen molar-refractivity contribution in [3.8, 4) is 0 Å². The van der Waals surface area contributed by atoms with Crippen LogP contribution < -0.4 is 0 Å². The van der Waals surface area contributed by atoms with Crippen molar-refractivity contribution in [2.24, 2.45) is 5.41 Å². The Morgan fingerprint density at radius 3 is 2.55 bits per heavy atom. The van der Waals surface area contributed by atoms with Gasteiger partial charge in [0, 0.05) is 18.0 Å². The highest BCUT2D eigenvalue weighted by Gasteiger charge is 2.41. The molecule has 1 aliphatic heterocycles. The van der Waals surface area contributed by atoms with Gasteiger partial charge in [0.05, 0.1) is 9.67 Å². The third-order valence-corrected chi connectivity index (χ3v) is 8.90. The molecule has 20 heavy (non-hydrogen) atoms. The van der Waals surface area contributed by atoms with Gasteiger partial charge in [-0.25, -0.2) is 8.42 Å². The van der Waals surface area contributed by atoms with E-state index in [1.807, 2.05) is 0 Å². The SMILES string of the molecule is CCC1(CC)CCN(S(=O)(=O)c2cc(CCl)sc2Br)C1. The zero-order valence-electron chi connectivity index (χ0n) is 11.7. The molecule has 7 heteroatoms. The van der Waals surface area contributed by atoms with E-state index in [1.54, 1.807) is 10.4 Å². The Hall–Kier alpha value is 0.380. The fourth-order valence-corrected chi connectivity index (χ4v) is 6.98. The standard InChI is InChI=1S/C13H19BrClNO2S2/c1-3-13(4-2)5-6-16(9-13)20(17,18)11-7-10(8-15)19-12(11)14/h7H,3-6,8-9H2,1-2H3. The molecule has 2 rings (SSSR count). The number of alkyl halides is 1. The highest BCUT2D eigenvalue weighted by Crippen LogP contribution is 2.41. The van der Waals surface area contributed by atoms with E-state index in [1.165, 1.54) is 11.3 Å². The number of halogens is 2. The Labute approximate surface area is 138 Å². The number of sulfonamides is 1. The van der Waals surface area contributed by atoms with E-state index in [0.717, 1.165) is 24.1 Å². The third-order valence-electron chi connectivity index (χ3n) is 4.36. The molecule has 1 saturated heterocycles. The average Bonchev–Trinajstić information content (AvgIpc) is 3.03. The van der Waals surface area contributed by atoms with E-state index in [2.05, 4.69) is 29.8 Å². The maximum atomic E-state index is 12.8. The molecule has 0 aliphatic carbocycles. The molecule has 1 aromatic rings. The van der Waals surface area contributed by atoms with Gasteiger partial charge in [0.2, 0.25) is 10.0 Å². The van der Waals surface area contributed by atoms with Gasteiger partial charge in [-0.15, -0.1) is 22.9 Å². The molecule has 0 atom stereocenters. The summed E-state index contributed by atoms with van der Waals surface area (Å²) in [6, 6.07) is 1.69. The van der Waals surface area contributed by atoms with Crippen molar-refractivity contribution in [3.63, 3.8) is 0 Å². The van der Waals surface area contributed by atoms with Crippen molar-refractivity contribution in [1.82, 2.24) is 4.31 Å². The van der Waals surface area contributed by atoms with Crippen molar-refractivity contribution in [1.29, 1.82) is 0 Å². The lowest BCUT2D eigenvalue weighted by molar-refractivity contribution is 0.279. The molecule has 114 valence electrons. The number of rotatable bonds is 5. The fraction of sp³-hybridized carbons (Fsp3) is 0.692. The summed E-state index contributed by atoms with van der Waals surface area (Å²) in [4.78, 5) is 1.23. The van der Waals surface area contributed by atoms with Gasteiger partial charge in [-0.1, -0.05) is 13.8 Å². The van der Waals surface area contributed by atoms with Gasteiger partial charge in [0.1, 0.15) is 4.90 Å². The Morgan fingerprint density at radius 2 is 2.10 bits per heavy atom. The van der Waals surface area contributed by atoms with E-state index in [0.29, 0.717) is 27.7 Å². The molecular weight excluding hydrogens is 382 g/mol. The fourth-order valence-electron chi connectivity index (χ4n) is 2.71. The first-order chi connectivity index (χ1) is 9.38. The van der Waals surface area contributed by atoms with Gasteiger partial charge in [0.15, 0.2) is 0 Å². The molecule has 0 radical (unpaired) electrons. The van der Waals surface area contributed by atoms with Crippen LogP contribution in [0, 0.1) is 5.41 Å². The summed E-state index contributed by atoms with van der Waals surface area (Å²) in [5, 5.41) is 0. The van der Waals surface area contributed by atoms with Crippen LogP contribution in [-0.4, -0.2) is 25.8 Å². The lowest BCUT2D eigenvalue weighted by Gasteiger charge is -2.26. The Kier molecular flexibility index (Phi) is 5.23. The number of nitrogens with zero attached hydrogens (tertiary/aromatic N) is 1. The van der Waals surface area contributed by atoms with Crippen LogP contribution in [0.3, 0.4) is 0 Å². The van der Waals surface area contributed by atoms with Crippen LogP contribution in [0.25, 0.3) is 0 Å². The molecule has 2 heterocycles. The zero-order chi connectivity index (χ0) is 15.0. The quantitative estimate of drug-likeness (QED) is 0.685. The molecule has 1 fully saturated rings. The van der Waals surface area contributed by atoms with Gasteiger partial charge in [-0.2, -0.15) is 4.31 Å². The van der Waals surface area contributed by atoms with E-state index >= 15 is 0 Å². The van der Waals surface area contributed by atoms with Gasteiger partial charge in [-0.05, 0) is 46.7 Å². The van der Waals surface area contributed by atoms with Crippen molar-refractivity contribution in [2.45, 2.75) is 43.9 Å². The molecular formula is C13H19BrClNO2S2. The van der Waals surface area contributed by atoms with Gasteiger partial charge < -0.3 is 0 Å². The number of hydrogen-bond donors (Lipinski definition) is 0. The molecule has 0 bridgehead atoms.